The molecule has 0 aromatic heterocycles. The van der Waals surface area contributed by atoms with Gasteiger partial charge in [-0.05, 0) is 18.2 Å². The predicted octanol–water partition coefficient (Wildman–Crippen LogP) is 1.30. The standard InChI is InChI=1S/C11H7FN2O2S/c12-8-1-2-9(7(3-8)4-13)14-10(15)5-17-6-11(14)16/h1-3H,5-6H2. The summed E-state index contributed by atoms with van der Waals surface area (Å²) < 4.78 is 13.0. The molecule has 1 fully saturated rings. The summed E-state index contributed by atoms with van der Waals surface area (Å²) in [5.74, 6) is -0.956. The smallest absolute Gasteiger partial charge is 0.243 e. The van der Waals surface area contributed by atoms with Gasteiger partial charge in [0.15, 0.2) is 0 Å². The van der Waals surface area contributed by atoms with Crippen LogP contribution in [-0.2, 0) is 9.59 Å². The summed E-state index contributed by atoms with van der Waals surface area (Å²) in [7, 11) is 0. The summed E-state index contributed by atoms with van der Waals surface area (Å²) in [6.45, 7) is 0. The Morgan fingerprint density at radius 2 is 1.94 bits per heavy atom. The van der Waals surface area contributed by atoms with Crippen LogP contribution in [0.3, 0.4) is 0 Å². The van der Waals surface area contributed by atoms with Crippen molar-refractivity contribution in [2.45, 2.75) is 0 Å². The molecule has 86 valence electrons. The van der Waals surface area contributed by atoms with Crippen molar-refractivity contribution in [2.24, 2.45) is 0 Å². The number of amides is 2. The molecule has 17 heavy (non-hydrogen) atoms. The van der Waals surface area contributed by atoms with Crippen molar-refractivity contribution in [3.05, 3.63) is 29.6 Å². The minimum Gasteiger partial charge on any atom is -0.273 e. The zero-order chi connectivity index (χ0) is 12.4. The number of nitriles is 1. The quantitative estimate of drug-likeness (QED) is 0.705. The van der Waals surface area contributed by atoms with E-state index in [-0.39, 0.29) is 34.6 Å². The third kappa shape index (κ3) is 2.15. The molecule has 2 amide bonds. The first-order valence-electron chi connectivity index (χ1n) is 4.76. The third-order valence-electron chi connectivity index (χ3n) is 2.27. The molecule has 0 aliphatic carbocycles. The first kappa shape index (κ1) is 11.6. The summed E-state index contributed by atoms with van der Waals surface area (Å²) in [5.41, 5.74) is 0.141. The van der Waals surface area contributed by atoms with Gasteiger partial charge in [-0.2, -0.15) is 5.26 Å². The third-order valence-corrected chi connectivity index (χ3v) is 3.17. The number of imide groups is 1. The van der Waals surface area contributed by atoms with E-state index in [0.29, 0.717) is 0 Å². The van der Waals surface area contributed by atoms with Crippen molar-refractivity contribution in [1.82, 2.24) is 0 Å². The van der Waals surface area contributed by atoms with Gasteiger partial charge in [-0.15, -0.1) is 11.8 Å². The van der Waals surface area contributed by atoms with Crippen molar-refractivity contribution in [3.63, 3.8) is 0 Å². The average Bonchev–Trinajstić information content (AvgIpc) is 2.30. The highest BCUT2D eigenvalue weighted by molar-refractivity contribution is 8.00. The van der Waals surface area contributed by atoms with Crippen molar-refractivity contribution in [3.8, 4) is 6.07 Å². The largest absolute Gasteiger partial charge is 0.273 e. The lowest BCUT2D eigenvalue weighted by Crippen LogP contribution is -2.43. The summed E-state index contributed by atoms with van der Waals surface area (Å²) in [5, 5.41) is 8.87. The molecule has 1 aliphatic rings. The Hall–Kier alpha value is -1.87. The Labute approximate surface area is 101 Å². The van der Waals surface area contributed by atoms with Gasteiger partial charge in [-0.3, -0.25) is 9.59 Å². The van der Waals surface area contributed by atoms with E-state index in [9.17, 15) is 14.0 Å². The molecule has 1 heterocycles. The summed E-state index contributed by atoms with van der Waals surface area (Å²) >= 11 is 1.23. The number of carbonyl (C=O) groups excluding carboxylic acids is 2. The van der Waals surface area contributed by atoms with Gasteiger partial charge in [-0.1, -0.05) is 0 Å². The lowest BCUT2D eigenvalue weighted by atomic mass is 10.1. The highest BCUT2D eigenvalue weighted by Gasteiger charge is 2.29. The maximum atomic E-state index is 13.0. The number of hydrogen-bond donors (Lipinski definition) is 0. The van der Waals surface area contributed by atoms with Crippen molar-refractivity contribution in [1.29, 1.82) is 5.26 Å². The number of rotatable bonds is 1. The zero-order valence-electron chi connectivity index (χ0n) is 8.64. The summed E-state index contributed by atoms with van der Waals surface area (Å²) in [6, 6.07) is 5.19. The van der Waals surface area contributed by atoms with E-state index in [4.69, 9.17) is 5.26 Å². The summed E-state index contributed by atoms with van der Waals surface area (Å²) in [6.07, 6.45) is 0. The molecule has 2 rings (SSSR count). The number of hydrogen-bond acceptors (Lipinski definition) is 4. The van der Waals surface area contributed by atoms with Crippen LogP contribution < -0.4 is 4.90 Å². The Balaban J connectivity index is 2.49. The Morgan fingerprint density at radius 3 is 2.53 bits per heavy atom. The number of anilines is 1. The van der Waals surface area contributed by atoms with Crippen LogP contribution in [0.2, 0.25) is 0 Å². The van der Waals surface area contributed by atoms with Gasteiger partial charge in [0, 0.05) is 0 Å². The lowest BCUT2D eigenvalue weighted by Gasteiger charge is -2.25. The minimum absolute atomic E-state index is 0.0152. The van der Waals surface area contributed by atoms with Gasteiger partial charge >= 0.3 is 0 Å². The van der Waals surface area contributed by atoms with Gasteiger partial charge < -0.3 is 0 Å². The van der Waals surface area contributed by atoms with E-state index in [2.05, 4.69) is 0 Å². The topological polar surface area (TPSA) is 61.2 Å². The van der Waals surface area contributed by atoms with Gasteiger partial charge in [0.25, 0.3) is 0 Å². The van der Waals surface area contributed by atoms with E-state index < -0.39 is 5.82 Å². The van der Waals surface area contributed by atoms with Crippen molar-refractivity contribution < 1.29 is 14.0 Å². The highest BCUT2D eigenvalue weighted by Crippen LogP contribution is 2.25. The monoisotopic (exact) mass is 250 g/mol. The maximum absolute atomic E-state index is 13.0. The SMILES string of the molecule is N#Cc1cc(F)ccc1N1C(=O)CSCC1=O. The van der Waals surface area contributed by atoms with Gasteiger partial charge in [0.05, 0.1) is 22.8 Å². The maximum Gasteiger partial charge on any atom is 0.243 e. The lowest BCUT2D eigenvalue weighted by molar-refractivity contribution is -0.124. The first-order valence-corrected chi connectivity index (χ1v) is 5.92. The fourth-order valence-electron chi connectivity index (χ4n) is 1.56. The second-order valence-corrected chi connectivity index (χ2v) is 4.37. The van der Waals surface area contributed by atoms with Crippen LogP contribution in [-0.4, -0.2) is 23.3 Å². The fraction of sp³-hybridized carbons (Fsp3) is 0.182. The van der Waals surface area contributed by atoms with Crippen LogP contribution in [0.5, 0.6) is 0 Å². The molecule has 4 nitrogen and oxygen atoms in total. The van der Waals surface area contributed by atoms with E-state index >= 15 is 0 Å². The molecule has 1 aromatic rings. The average molecular weight is 250 g/mol. The number of thioether (sulfide) groups is 1. The van der Waals surface area contributed by atoms with Crippen LogP contribution in [0.25, 0.3) is 0 Å². The van der Waals surface area contributed by atoms with E-state index in [0.717, 1.165) is 17.0 Å². The number of carbonyl (C=O) groups is 2. The molecule has 0 radical (unpaired) electrons. The molecule has 0 unspecified atom stereocenters. The van der Waals surface area contributed by atoms with Crippen LogP contribution in [0.1, 0.15) is 5.56 Å². The zero-order valence-corrected chi connectivity index (χ0v) is 9.46. The van der Waals surface area contributed by atoms with Crippen molar-refractivity contribution in [2.75, 3.05) is 16.4 Å². The molecule has 0 spiro atoms. The van der Waals surface area contributed by atoms with Crippen LogP contribution >= 0.6 is 11.8 Å². The molecule has 6 heteroatoms. The Bertz CT molecular complexity index is 523. The number of benzene rings is 1. The molecular formula is C11H7FN2O2S. The van der Waals surface area contributed by atoms with Gasteiger partial charge in [0.1, 0.15) is 11.9 Å². The minimum atomic E-state index is -0.573. The Morgan fingerprint density at radius 1 is 1.29 bits per heavy atom. The fourth-order valence-corrected chi connectivity index (χ4v) is 2.26. The molecule has 0 N–H and O–H groups in total. The second-order valence-electron chi connectivity index (χ2n) is 3.39. The number of halogens is 1. The van der Waals surface area contributed by atoms with Crippen LogP contribution in [0.15, 0.2) is 18.2 Å². The van der Waals surface area contributed by atoms with Crippen LogP contribution in [0.4, 0.5) is 10.1 Å². The molecule has 0 bridgehead atoms. The second kappa shape index (κ2) is 4.55. The first-order chi connectivity index (χ1) is 8.13. The van der Waals surface area contributed by atoms with Crippen LogP contribution in [0, 0.1) is 17.1 Å². The molecule has 0 atom stereocenters. The normalized spacial score (nSPS) is 15.9. The molecular weight excluding hydrogens is 243 g/mol. The van der Waals surface area contributed by atoms with E-state index in [1.54, 1.807) is 6.07 Å². The van der Waals surface area contributed by atoms with E-state index in [1.807, 2.05) is 0 Å². The van der Waals surface area contributed by atoms with Gasteiger partial charge in [-0.25, -0.2) is 9.29 Å². The Kier molecular flexibility index (Phi) is 3.11. The molecule has 0 saturated carbocycles. The molecule has 1 saturated heterocycles. The number of nitrogens with zero attached hydrogens (tertiary/aromatic N) is 2. The molecule has 1 aliphatic heterocycles. The van der Waals surface area contributed by atoms with E-state index in [1.165, 1.54) is 17.8 Å². The summed E-state index contributed by atoms with van der Waals surface area (Å²) in [4.78, 5) is 24.2. The highest BCUT2D eigenvalue weighted by atomic mass is 32.2. The molecule has 1 aromatic carbocycles. The van der Waals surface area contributed by atoms with Gasteiger partial charge in [0.2, 0.25) is 11.8 Å². The van der Waals surface area contributed by atoms with Crippen molar-refractivity contribution >= 4 is 29.3 Å². The predicted molar refractivity (Wildman–Crippen MR) is 60.9 cm³/mol.